The van der Waals surface area contributed by atoms with E-state index in [1.54, 1.807) is 24.3 Å². The van der Waals surface area contributed by atoms with Gasteiger partial charge in [-0.3, -0.25) is 0 Å². The van der Waals surface area contributed by atoms with E-state index in [1.807, 2.05) is 6.07 Å². The molecule has 0 aromatic heterocycles. The average Bonchev–Trinajstić information content (AvgIpc) is 2.71. The number of halogens is 2. The second kappa shape index (κ2) is 8.41. The van der Waals surface area contributed by atoms with Gasteiger partial charge in [-0.2, -0.15) is 0 Å². The van der Waals surface area contributed by atoms with Gasteiger partial charge in [0.05, 0.1) is 14.2 Å². The van der Waals surface area contributed by atoms with Gasteiger partial charge in [0.1, 0.15) is 22.6 Å². The van der Waals surface area contributed by atoms with Gasteiger partial charge in [-0.05, 0) is 17.7 Å². The van der Waals surface area contributed by atoms with E-state index in [0.29, 0.717) is 17.2 Å². The summed E-state index contributed by atoms with van der Waals surface area (Å²) >= 11 is 0. The third kappa shape index (κ3) is 4.01. The summed E-state index contributed by atoms with van der Waals surface area (Å²) in [7, 11) is -1.30. The molecule has 158 valence electrons. The summed E-state index contributed by atoms with van der Waals surface area (Å²) in [5.41, 5.74) is 0.728. The minimum Gasteiger partial charge on any atom is -0.492 e. The Morgan fingerprint density at radius 2 is 1.53 bits per heavy atom. The first-order valence-corrected chi connectivity index (χ1v) is 10.8. The SMILES string of the molecule is COc1c(-c2ccccc2)cc(C(O)c2ccc(F)cc2F)c(S(C)(=O)=O)c1OC. The standard InChI is InChI=1S/C22H20F2O5S/c1-28-20-16(13-7-5-4-6-8-13)12-17(22(21(20)29-2)30(3,26)27)19(25)15-10-9-14(23)11-18(15)24/h4-12,19,25H,1-3H3. The van der Waals surface area contributed by atoms with Gasteiger partial charge in [0.25, 0.3) is 0 Å². The minimum absolute atomic E-state index is 0.112. The Labute approximate surface area is 173 Å². The van der Waals surface area contributed by atoms with E-state index in [2.05, 4.69) is 0 Å². The fourth-order valence-electron chi connectivity index (χ4n) is 3.34. The van der Waals surface area contributed by atoms with Gasteiger partial charge in [-0.15, -0.1) is 0 Å². The van der Waals surface area contributed by atoms with Gasteiger partial charge in [0.2, 0.25) is 0 Å². The number of methoxy groups -OCH3 is 2. The van der Waals surface area contributed by atoms with Crippen molar-refractivity contribution in [2.75, 3.05) is 20.5 Å². The van der Waals surface area contributed by atoms with Crippen LogP contribution < -0.4 is 9.47 Å². The summed E-state index contributed by atoms with van der Waals surface area (Å²) in [5, 5.41) is 10.9. The lowest BCUT2D eigenvalue weighted by molar-refractivity contribution is 0.210. The third-order valence-electron chi connectivity index (χ3n) is 4.63. The van der Waals surface area contributed by atoms with Crippen molar-refractivity contribution in [3.63, 3.8) is 0 Å². The van der Waals surface area contributed by atoms with Gasteiger partial charge < -0.3 is 14.6 Å². The Morgan fingerprint density at radius 1 is 0.900 bits per heavy atom. The molecule has 0 aliphatic heterocycles. The van der Waals surface area contributed by atoms with Crippen molar-refractivity contribution in [2.24, 2.45) is 0 Å². The smallest absolute Gasteiger partial charge is 0.180 e. The van der Waals surface area contributed by atoms with Crippen LogP contribution in [0.15, 0.2) is 59.5 Å². The van der Waals surface area contributed by atoms with Crippen LogP contribution >= 0.6 is 0 Å². The number of hydrogen-bond acceptors (Lipinski definition) is 5. The monoisotopic (exact) mass is 434 g/mol. The molecule has 0 amide bonds. The Balaban J connectivity index is 2.40. The molecule has 30 heavy (non-hydrogen) atoms. The number of aliphatic hydroxyl groups excluding tert-OH is 1. The summed E-state index contributed by atoms with van der Waals surface area (Å²) in [6.45, 7) is 0. The fourth-order valence-corrected chi connectivity index (χ4v) is 4.45. The number of hydrogen-bond donors (Lipinski definition) is 1. The second-order valence-corrected chi connectivity index (χ2v) is 8.57. The van der Waals surface area contributed by atoms with Crippen LogP contribution in [0, 0.1) is 11.6 Å². The number of rotatable bonds is 6. The normalized spacial score (nSPS) is 12.5. The van der Waals surface area contributed by atoms with Crippen LogP contribution in [0.3, 0.4) is 0 Å². The molecule has 0 fully saturated rings. The van der Waals surface area contributed by atoms with E-state index < -0.39 is 27.6 Å². The largest absolute Gasteiger partial charge is 0.492 e. The van der Waals surface area contributed by atoms with Gasteiger partial charge in [-0.25, -0.2) is 17.2 Å². The van der Waals surface area contributed by atoms with Crippen molar-refractivity contribution in [3.8, 4) is 22.6 Å². The molecule has 0 radical (unpaired) electrons. The Hall–Kier alpha value is -2.97. The fraction of sp³-hybridized carbons (Fsp3) is 0.182. The molecule has 3 rings (SSSR count). The summed E-state index contributed by atoms with van der Waals surface area (Å²) in [6, 6.07) is 13.0. The highest BCUT2D eigenvalue weighted by molar-refractivity contribution is 7.90. The topological polar surface area (TPSA) is 72.8 Å². The molecular weight excluding hydrogens is 414 g/mol. The van der Waals surface area contributed by atoms with Crippen molar-refractivity contribution in [3.05, 3.63) is 77.4 Å². The molecule has 1 unspecified atom stereocenters. The van der Waals surface area contributed by atoms with Crippen molar-refractivity contribution < 1.29 is 31.8 Å². The minimum atomic E-state index is -3.94. The Kier molecular flexibility index (Phi) is 6.09. The molecule has 0 saturated carbocycles. The van der Waals surface area contributed by atoms with Crippen LogP contribution in [0.1, 0.15) is 17.2 Å². The maximum absolute atomic E-state index is 14.4. The predicted molar refractivity (Wildman–Crippen MR) is 109 cm³/mol. The van der Waals surface area contributed by atoms with Gasteiger partial charge in [0, 0.05) is 29.0 Å². The maximum atomic E-state index is 14.4. The Morgan fingerprint density at radius 3 is 2.07 bits per heavy atom. The van der Waals surface area contributed by atoms with E-state index >= 15 is 0 Å². The third-order valence-corrected chi connectivity index (χ3v) is 5.80. The average molecular weight is 434 g/mol. The second-order valence-electron chi connectivity index (χ2n) is 6.62. The highest BCUT2D eigenvalue weighted by Gasteiger charge is 2.31. The lowest BCUT2D eigenvalue weighted by Gasteiger charge is -2.22. The van der Waals surface area contributed by atoms with Crippen molar-refractivity contribution in [2.45, 2.75) is 11.0 Å². The quantitative estimate of drug-likeness (QED) is 0.632. The zero-order chi connectivity index (χ0) is 22.1. The molecule has 0 saturated heterocycles. The molecule has 0 aliphatic carbocycles. The molecular formula is C22H20F2O5S. The molecule has 8 heteroatoms. The van der Waals surface area contributed by atoms with Crippen LogP contribution in [-0.4, -0.2) is 34.0 Å². The molecule has 1 atom stereocenters. The Bertz CT molecular complexity index is 1180. The lowest BCUT2D eigenvalue weighted by Crippen LogP contribution is -2.13. The number of aliphatic hydroxyl groups is 1. The summed E-state index contributed by atoms with van der Waals surface area (Å²) in [5.74, 6) is -1.78. The zero-order valence-electron chi connectivity index (χ0n) is 16.5. The number of ether oxygens (including phenoxy) is 2. The first kappa shape index (κ1) is 21.7. The van der Waals surface area contributed by atoms with Crippen LogP contribution in [-0.2, 0) is 9.84 Å². The van der Waals surface area contributed by atoms with E-state index in [4.69, 9.17) is 9.47 Å². The summed E-state index contributed by atoms with van der Waals surface area (Å²) < 4.78 is 63.7. The van der Waals surface area contributed by atoms with E-state index in [0.717, 1.165) is 18.4 Å². The summed E-state index contributed by atoms with van der Waals surface area (Å²) in [6.07, 6.45) is -0.749. The molecule has 3 aromatic rings. The number of sulfone groups is 1. The van der Waals surface area contributed by atoms with Gasteiger partial charge in [0.15, 0.2) is 21.3 Å². The molecule has 5 nitrogen and oxygen atoms in total. The molecule has 0 spiro atoms. The van der Waals surface area contributed by atoms with E-state index in [-0.39, 0.29) is 27.5 Å². The van der Waals surface area contributed by atoms with E-state index in [1.165, 1.54) is 20.3 Å². The zero-order valence-corrected chi connectivity index (χ0v) is 17.3. The van der Waals surface area contributed by atoms with Gasteiger partial charge >= 0.3 is 0 Å². The lowest BCUT2D eigenvalue weighted by atomic mass is 9.95. The molecule has 0 bridgehead atoms. The van der Waals surface area contributed by atoms with Crippen molar-refractivity contribution >= 4 is 9.84 Å². The maximum Gasteiger partial charge on any atom is 0.180 e. The van der Waals surface area contributed by atoms with Crippen LogP contribution in [0.25, 0.3) is 11.1 Å². The van der Waals surface area contributed by atoms with Crippen LogP contribution in [0.4, 0.5) is 8.78 Å². The van der Waals surface area contributed by atoms with Crippen molar-refractivity contribution in [1.29, 1.82) is 0 Å². The first-order chi connectivity index (χ1) is 14.2. The molecule has 0 aliphatic rings. The first-order valence-electron chi connectivity index (χ1n) is 8.86. The van der Waals surface area contributed by atoms with Crippen molar-refractivity contribution in [1.82, 2.24) is 0 Å². The molecule has 1 N–H and O–H groups in total. The van der Waals surface area contributed by atoms with Crippen LogP contribution in [0.2, 0.25) is 0 Å². The molecule has 0 heterocycles. The highest BCUT2D eigenvalue weighted by atomic mass is 32.2. The summed E-state index contributed by atoms with van der Waals surface area (Å²) in [4.78, 5) is -0.335. The number of benzene rings is 3. The predicted octanol–water partition coefficient (Wildman–Crippen LogP) is 4.13. The van der Waals surface area contributed by atoms with Gasteiger partial charge in [-0.1, -0.05) is 36.4 Å². The highest BCUT2D eigenvalue weighted by Crippen LogP contribution is 2.47. The van der Waals surface area contributed by atoms with Crippen LogP contribution in [0.5, 0.6) is 11.5 Å². The van der Waals surface area contributed by atoms with E-state index in [9.17, 15) is 22.3 Å². The molecule has 3 aromatic carbocycles.